The number of nitrogens with one attached hydrogen (secondary N) is 2. The van der Waals surface area contributed by atoms with Crippen molar-refractivity contribution in [1.29, 1.82) is 0 Å². The number of nitrogens with zero attached hydrogens (tertiary/aromatic N) is 6. The molecule has 0 aliphatic carbocycles. The van der Waals surface area contributed by atoms with Gasteiger partial charge in [0.1, 0.15) is 11.3 Å². The van der Waals surface area contributed by atoms with E-state index < -0.39 is 5.82 Å². The number of carbonyl (C=O) groups is 1. The van der Waals surface area contributed by atoms with Gasteiger partial charge in [0.25, 0.3) is 0 Å². The van der Waals surface area contributed by atoms with E-state index in [0.717, 1.165) is 30.4 Å². The number of fused-ring (bicyclic) bond motifs is 1. The summed E-state index contributed by atoms with van der Waals surface area (Å²) in [7, 11) is 4.10. The third-order valence-corrected chi connectivity index (χ3v) is 6.15. The summed E-state index contributed by atoms with van der Waals surface area (Å²) in [6, 6.07) is 9.22. The van der Waals surface area contributed by atoms with Crippen molar-refractivity contribution in [2.45, 2.75) is 6.04 Å². The second-order valence-electron chi connectivity index (χ2n) is 8.72. The lowest BCUT2D eigenvalue weighted by molar-refractivity contribution is -0.111. The van der Waals surface area contributed by atoms with Gasteiger partial charge in [-0.2, -0.15) is 0 Å². The van der Waals surface area contributed by atoms with Gasteiger partial charge in [-0.25, -0.2) is 14.4 Å². The predicted molar refractivity (Wildman–Crippen MR) is 139 cm³/mol. The van der Waals surface area contributed by atoms with Crippen molar-refractivity contribution in [2.24, 2.45) is 0 Å². The standard InChI is InChI=1S/C26H25FN8O/c1-4-23(36)32-21-10-19(5-6-22(21)35(3)20-14-34(2)15-20)31-26-30-12-16-7-8-29-24(25(16)33-26)17-9-18(27)13-28-11-17/h4-13,20H,1,14-15H2,2-3H3,(H,32,36)(H,30,31,33). The van der Waals surface area contributed by atoms with Gasteiger partial charge in [0.2, 0.25) is 11.9 Å². The summed E-state index contributed by atoms with van der Waals surface area (Å²) in [6.45, 7) is 5.46. The Morgan fingerprint density at radius 1 is 1.19 bits per heavy atom. The fourth-order valence-electron chi connectivity index (χ4n) is 4.21. The van der Waals surface area contributed by atoms with Crippen LogP contribution in [0.3, 0.4) is 0 Å². The van der Waals surface area contributed by atoms with Crippen LogP contribution in [-0.2, 0) is 4.79 Å². The first-order chi connectivity index (χ1) is 17.4. The highest BCUT2D eigenvalue weighted by molar-refractivity contribution is 6.02. The first-order valence-corrected chi connectivity index (χ1v) is 11.4. The molecular formula is C26H25FN8O. The van der Waals surface area contributed by atoms with Crippen LogP contribution in [0.2, 0.25) is 0 Å². The van der Waals surface area contributed by atoms with Crippen molar-refractivity contribution in [1.82, 2.24) is 24.8 Å². The minimum atomic E-state index is -0.452. The highest BCUT2D eigenvalue weighted by Crippen LogP contribution is 2.33. The molecule has 1 aromatic carbocycles. The van der Waals surface area contributed by atoms with Crippen LogP contribution in [0.15, 0.2) is 67.8 Å². The van der Waals surface area contributed by atoms with Crippen LogP contribution in [-0.4, -0.2) is 64.0 Å². The Labute approximate surface area is 207 Å². The molecule has 0 unspecified atom stereocenters. The predicted octanol–water partition coefficient (Wildman–Crippen LogP) is 3.84. The number of pyridine rings is 2. The second-order valence-corrected chi connectivity index (χ2v) is 8.72. The Morgan fingerprint density at radius 2 is 2.03 bits per heavy atom. The fourth-order valence-corrected chi connectivity index (χ4v) is 4.21. The summed E-state index contributed by atoms with van der Waals surface area (Å²) in [5.41, 5.74) is 3.83. The Kier molecular flexibility index (Phi) is 6.26. The number of amides is 1. The van der Waals surface area contributed by atoms with Crippen molar-refractivity contribution in [3.8, 4) is 11.3 Å². The molecule has 1 fully saturated rings. The maximum atomic E-state index is 13.8. The van der Waals surface area contributed by atoms with Gasteiger partial charge in [0.15, 0.2) is 0 Å². The molecule has 1 saturated heterocycles. The molecule has 4 heterocycles. The zero-order valence-corrected chi connectivity index (χ0v) is 19.9. The molecule has 9 nitrogen and oxygen atoms in total. The van der Waals surface area contributed by atoms with Crippen LogP contribution in [0.1, 0.15) is 0 Å². The van der Waals surface area contributed by atoms with Crippen LogP contribution < -0.4 is 15.5 Å². The lowest BCUT2D eigenvalue weighted by atomic mass is 10.1. The molecule has 0 saturated carbocycles. The molecule has 5 rings (SSSR count). The van der Waals surface area contributed by atoms with Crippen molar-refractivity contribution >= 4 is 39.8 Å². The van der Waals surface area contributed by atoms with Gasteiger partial charge in [-0.15, -0.1) is 0 Å². The molecule has 1 amide bonds. The summed E-state index contributed by atoms with van der Waals surface area (Å²) >= 11 is 0. The van der Waals surface area contributed by atoms with Gasteiger partial charge in [0, 0.05) is 55.4 Å². The molecule has 1 aliphatic heterocycles. The van der Waals surface area contributed by atoms with E-state index in [1.165, 1.54) is 12.1 Å². The molecule has 36 heavy (non-hydrogen) atoms. The number of hydrogen-bond donors (Lipinski definition) is 2. The lowest BCUT2D eigenvalue weighted by Crippen LogP contribution is -2.56. The van der Waals surface area contributed by atoms with E-state index in [0.29, 0.717) is 40.1 Å². The van der Waals surface area contributed by atoms with Gasteiger partial charge < -0.3 is 20.4 Å². The van der Waals surface area contributed by atoms with Gasteiger partial charge in [-0.05, 0) is 43.5 Å². The maximum Gasteiger partial charge on any atom is 0.247 e. The topological polar surface area (TPSA) is 99.2 Å². The molecular weight excluding hydrogens is 459 g/mol. The van der Waals surface area contributed by atoms with Crippen LogP contribution in [0.25, 0.3) is 22.2 Å². The van der Waals surface area contributed by atoms with E-state index in [1.54, 1.807) is 24.7 Å². The average molecular weight is 485 g/mol. The van der Waals surface area contributed by atoms with E-state index in [-0.39, 0.29) is 5.91 Å². The first kappa shape index (κ1) is 23.3. The van der Waals surface area contributed by atoms with E-state index in [9.17, 15) is 9.18 Å². The van der Waals surface area contributed by atoms with Gasteiger partial charge in [-0.3, -0.25) is 14.8 Å². The average Bonchev–Trinajstić information content (AvgIpc) is 2.86. The van der Waals surface area contributed by atoms with Crippen LogP contribution in [0.5, 0.6) is 0 Å². The zero-order chi connectivity index (χ0) is 25.2. The second kappa shape index (κ2) is 9.67. The molecule has 3 aromatic heterocycles. The monoisotopic (exact) mass is 484 g/mol. The quantitative estimate of drug-likeness (QED) is 0.382. The SMILES string of the molecule is C=CC(=O)Nc1cc(Nc2ncc3ccnc(-c4cncc(F)c4)c3n2)ccc1N(C)C1CN(C)C1. The van der Waals surface area contributed by atoms with Gasteiger partial charge >= 0.3 is 0 Å². The number of likely N-dealkylation sites (tertiary alicyclic amines) is 1. The summed E-state index contributed by atoms with van der Waals surface area (Å²) in [5, 5.41) is 6.87. The molecule has 0 spiro atoms. The van der Waals surface area contributed by atoms with E-state index in [1.807, 2.05) is 25.2 Å². The third-order valence-electron chi connectivity index (χ3n) is 6.15. The third kappa shape index (κ3) is 4.71. The molecule has 182 valence electrons. The normalized spacial score (nSPS) is 13.8. The Morgan fingerprint density at radius 3 is 2.78 bits per heavy atom. The minimum absolute atomic E-state index is 0.297. The van der Waals surface area contributed by atoms with Gasteiger partial charge in [0.05, 0.1) is 29.3 Å². The number of carbonyl (C=O) groups excluding carboxylic acids is 1. The molecule has 0 atom stereocenters. The molecule has 0 radical (unpaired) electrons. The summed E-state index contributed by atoms with van der Waals surface area (Å²) < 4.78 is 13.8. The van der Waals surface area contributed by atoms with Crippen LogP contribution in [0.4, 0.5) is 27.4 Å². The fraction of sp³-hybridized carbons (Fsp3) is 0.192. The van der Waals surface area contributed by atoms with Gasteiger partial charge in [-0.1, -0.05) is 6.58 Å². The summed E-state index contributed by atoms with van der Waals surface area (Å²) in [4.78, 5) is 33.9. The summed E-state index contributed by atoms with van der Waals surface area (Å²) in [5.74, 6) is -0.413. The van der Waals surface area contributed by atoms with Crippen LogP contribution >= 0.6 is 0 Å². The Bertz CT molecular complexity index is 1450. The van der Waals surface area contributed by atoms with Crippen molar-refractivity contribution in [3.05, 3.63) is 73.6 Å². The van der Waals surface area contributed by atoms with Crippen LogP contribution in [0, 0.1) is 5.82 Å². The number of halogens is 1. The molecule has 0 bridgehead atoms. The molecule has 1 aliphatic rings. The largest absolute Gasteiger partial charge is 0.367 e. The van der Waals surface area contributed by atoms with Crippen molar-refractivity contribution in [3.63, 3.8) is 0 Å². The molecule has 2 N–H and O–H groups in total. The molecule has 10 heteroatoms. The zero-order valence-electron chi connectivity index (χ0n) is 19.9. The van der Waals surface area contributed by atoms with E-state index >= 15 is 0 Å². The number of hydrogen-bond acceptors (Lipinski definition) is 8. The molecule has 4 aromatic rings. The Hall–Kier alpha value is -4.44. The van der Waals surface area contributed by atoms with Crippen molar-refractivity contribution < 1.29 is 9.18 Å². The van der Waals surface area contributed by atoms with Crippen molar-refractivity contribution in [2.75, 3.05) is 42.7 Å². The lowest BCUT2D eigenvalue weighted by Gasteiger charge is -2.43. The smallest absolute Gasteiger partial charge is 0.247 e. The minimum Gasteiger partial charge on any atom is -0.367 e. The number of likely N-dealkylation sites (N-methyl/N-ethyl adjacent to an activating group) is 2. The maximum absolute atomic E-state index is 13.8. The Balaban J connectivity index is 1.48. The van der Waals surface area contributed by atoms with E-state index in [4.69, 9.17) is 0 Å². The highest BCUT2D eigenvalue weighted by atomic mass is 19.1. The number of benzene rings is 1. The number of rotatable bonds is 7. The number of anilines is 4. The highest BCUT2D eigenvalue weighted by Gasteiger charge is 2.28. The van der Waals surface area contributed by atoms with E-state index in [2.05, 4.69) is 54.0 Å². The summed E-state index contributed by atoms with van der Waals surface area (Å²) in [6.07, 6.45) is 7.23. The number of aromatic nitrogens is 4. The first-order valence-electron chi connectivity index (χ1n) is 11.4.